The zero-order chi connectivity index (χ0) is 18.2. The van der Waals surface area contributed by atoms with Gasteiger partial charge in [0, 0.05) is 24.8 Å². The first-order chi connectivity index (χ1) is 12.0. The summed E-state index contributed by atoms with van der Waals surface area (Å²) in [6, 6.07) is 8.87. The van der Waals surface area contributed by atoms with Gasteiger partial charge in [-0.15, -0.1) is 24.0 Å². The number of aliphatic imine (C=N–C) groups is 1. The molecule has 2 rings (SSSR count). The van der Waals surface area contributed by atoms with Gasteiger partial charge in [0.15, 0.2) is 5.96 Å². The highest BCUT2D eigenvalue weighted by molar-refractivity contribution is 14.0. The van der Waals surface area contributed by atoms with Gasteiger partial charge in [0.25, 0.3) is 0 Å². The van der Waals surface area contributed by atoms with Gasteiger partial charge < -0.3 is 15.8 Å². The number of rotatable bonds is 7. The van der Waals surface area contributed by atoms with Crippen molar-refractivity contribution in [2.45, 2.75) is 46.1 Å². The van der Waals surface area contributed by atoms with E-state index < -0.39 is 0 Å². The Morgan fingerprint density at radius 2 is 1.81 bits per heavy atom. The van der Waals surface area contributed by atoms with Crippen LogP contribution in [0.4, 0.5) is 5.69 Å². The number of hydrogen-bond donors (Lipinski definition) is 2. The maximum absolute atomic E-state index is 6.10. The largest absolute Gasteiger partial charge is 0.379 e. The Morgan fingerprint density at radius 3 is 2.35 bits per heavy atom. The molecule has 2 atom stereocenters. The van der Waals surface area contributed by atoms with Crippen LogP contribution in [0.3, 0.4) is 0 Å². The Morgan fingerprint density at radius 1 is 1.19 bits per heavy atom. The molecule has 1 saturated heterocycles. The summed E-state index contributed by atoms with van der Waals surface area (Å²) in [6.45, 7) is 13.2. The van der Waals surface area contributed by atoms with Crippen molar-refractivity contribution >= 4 is 35.6 Å². The van der Waals surface area contributed by atoms with Crippen LogP contribution in [0.25, 0.3) is 0 Å². The normalized spacial score (nSPS) is 18.3. The summed E-state index contributed by atoms with van der Waals surface area (Å²) in [7, 11) is 0. The van der Waals surface area contributed by atoms with Crippen molar-refractivity contribution in [3.63, 3.8) is 0 Å². The van der Waals surface area contributed by atoms with Gasteiger partial charge in [-0.25, -0.2) is 0 Å². The lowest BCUT2D eigenvalue weighted by Crippen LogP contribution is -2.47. The fourth-order valence-corrected chi connectivity index (χ4v) is 3.17. The summed E-state index contributed by atoms with van der Waals surface area (Å²) in [4.78, 5) is 7.05. The third kappa shape index (κ3) is 7.04. The molecule has 2 unspecified atom stereocenters. The van der Waals surface area contributed by atoms with Gasteiger partial charge in [-0.1, -0.05) is 39.8 Å². The molecule has 1 aliphatic rings. The van der Waals surface area contributed by atoms with Gasteiger partial charge in [-0.3, -0.25) is 9.89 Å². The molecule has 0 amide bonds. The first-order valence-corrected chi connectivity index (χ1v) is 9.50. The topological polar surface area (TPSA) is 62.9 Å². The Labute approximate surface area is 175 Å². The van der Waals surface area contributed by atoms with Crippen molar-refractivity contribution in [3.8, 4) is 0 Å². The van der Waals surface area contributed by atoms with Crippen molar-refractivity contribution in [1.82, 2.24) is 4.90 Å². The molecule has 0 saturated carbocycles. The van der Waals surface area contributed by atoms with E-state index in [2.05, 4.69) is 67.2 Å². The molecule has 148 valence electrons. The van der Waals surface area contributed by atoms with Crippen LogP contribution in [-0.2, 0) is 4.74 Å². The second-order valence-electron chi connectivity index (χ2n) is 7.24. The fourth-order valence-electron chi connectivity index (χ4n) is 3.17. The molecular weight excluding hydrogens is 439 g/mol. The molecular formula is C20H35IN4O. The highest BCUT2D eigenvalue weighted by Crippen LogP contribution is 2.20. The molecule has 0 spiro atoms. The Kier molecular flexibility index (Phi) is 10.5. The van der Waals surface area contributed by atoms with Crippen LogP contribution in [-0.4, -0.2) is 49.7 Å². The number of nitrogens with one attached hydrogen (secondary N) is 1. The number of ether oxygens (including phenoxy) is 1. The van der Waals surface area contributed by atoms with Gasteiger partial charge in [0.05, 0.1) is 19.8 Å². The molecule has 1 fully saturated rings. The Bertz CT molecular complexity index is 541. The maximum Gasteiger partial charge on any atom is 0.193 e. The number of hydrogen-bond acceptors (Lipinski definition) is 3. The van der Waals surface area contributed by atoms with Crippen LogP contribution in [0.1, 0.15) is 45.6 Å². The van der Waals surface area contributed by atoms with E-state index in [1.54, 1.807) is 0 Å². The molecule has 26 heavy (non-hydrogen) atoms. The molecule has 3 N–H and O–H groups in total. The van der Waals surface area contributed by atoms with Gasteiger partial charge in [-0.05, 0) is 36.0 Å². The number of nitrogens with two attached hydrogens (primary N) is 1. The highest BCUT2D eigenvalue weighted by atomic mass is 127. The molecule has 1 heterocycles. The predicted molar refractivity (Wildman–Crippen MR) is 122 cm³/mol. The zero-order valence-electron chi connectivity index (χ0n) is 16.6. The summed E-state index contributed by atoms with van der Waals surface area (Å²) in [6.07, 6.45) is 1.15. The van der Waals surface area contributed by atoms with Crippen LogP contribution < -0.4 is 11.1 Å². The number of nitrogens with zero attached hydrogens (tertiary/aromatic N) is 2. The summed E-state index contributed by atoms with van der Waals surface area (Å²) in [5.74, 6) is 1.60. The molecule has 1 aromatic rings. The fraction of sp³-hybridized carbons (Fsp3) is 0.650. The number of guanidine groups is 1. The second kappa shape index (κ2) is 11.8. The number of anilines is 1. The van der Waals surface area contributed by atoms with E-state index in [0.29, 0.717) is 30.4 Å². The third-order valence-corrected chi connectivity index (χ3v) is 5.10. The van der Waals surface area contributed by atoms with E-state index >= 15 is 0 Å². The lowest BCUT2D eigenvalue weighted by atomic mass is 9.99. The van der Waals surface area contributed by atoms with Gasteiger partial charge >= 0.3 is 0 Å². The average molecular weight is 474 g/mol. The summed E-state index contributed by atoms with van der Waals surface area (Å²) >= 11 is 0. The van der Waals surface area contributed by atoms with Crippen molar-refractivity contribution < 1.29 is 4.74 Å². The van der Waals surface area contributed by atoms with Crippen molar-refractivity contribution in [2.75, 3.05) is 38.2 Å². The highest BCUT2D eigenvalue weighted by Gasteiger charge is 2.23. The third-order valence-electron chi connectivity index (χ3n) is 5.10. The minimum absolute atomic E-state index is 0. The molecule has 0 aliphatic carbocycles. The Hall–Kier alpha value is -0.860. The Balaban J connectivity index is 0.00000338. The summed E-state index contributed by atoms with van der Waals surface area (Å²) < 4.78 is 5.45. The summed E-state index contributed by atoms with van der Waals surface area (Å²) in [5, 5.41) is 3.21. The number of benzene rings is 1. The van der Waals surface area contributed by atoms with Crippen LogP contribution >= 0.6 is 24.0 Å². The molecule has 5 nitrogen and oxygen atoms in total. The van der Waals surface area contributed by atoms with Gasteiger partial charge in [0.1, 0.15) is 0 Å². The van der Waals surface area contributed by atoms with Crippen molar-refractivity contribution in [3.05, 3.63) is 29.8 Å². The number of morpholine rings is 1. The van der Waals surface area contributed by atoms with Gasteiger partial charge in [0.2, 0.25) is 0 Å². The van der Waals surface area contributed by atoms with Crippen LogP contribution in [0.15, 0.2) is 29.3 Å². The van der Waals surface area contributed by atoms with Crippen LogP contribution in [0.2, 0.25) is 0 Å². The standard InChI is InChI=1S/C20H34N4O.HI/c1-5-16(4)17-6-8-18(9-7-17)23-20(21)22-14-19(15(2)3)24-10-12-25-13-11-24;/h6-9,15-16,19H,5,10-14H2,1-4H3,(H3,21,22,23);1H. The smallest absolute Gasteiger partial charge is 0.193 e. The lowest BCUT2D eigenvalue weighted by molar-refractivity contribution is 0.00870. The van der Waals surface area contributed by atoms with Crippen LogP contribution in [0.5, 0.6) is 0 Å². The van der Waals surface area contributed by atoms with E-state index in [4.69, 9.17) is 10.5 Å². The predicted octanol–water partition coefficient (Wildman–Crippen LogP) is 3.90. The van der Waals surface area contributed by atoms with Crippen molar-refractivity contribution in [2.24, 2.45) is 16.6 Å². The van der Waals surface area contributed by atoms with E-state index in [9.17, 15) is 0 Å². The number of halogens is 1. The minimum Gasteiger partial charge on any atom is -0.379 e. The second-order valence-corrected chi connectivity index (χ2v) is 7.24. The molecule has 0 aromatic heterocycles. The van der Waals surface area contributed by atoms with E-state index in [1.807, 2.05) is 0 Å². The van der Waals surface area contributed by atoms with E-state index in [1.165, 1.54) is 5.56 Å². The van der Waals surface area contributed by atoms with E-state index in [-0.39, 0.29) is 24.0 Å². The van der Waals surface area contributed by atoms with Crippen LogP contribution in [0, 0.1) is 5.92 Å². The summed E-state index contributed by atoms with van der Waals surface area (Å²) in [5.41, 5.74) is 8.45. The van der Waals surface area contributed by atoms with Gasteiger partial charge in [-0.2, -0.15) is 0 Å². The first kappa shape index (κ1) is 23.2. The van der Waals surface area contributed by atoms with E-state index in [0.717, 1.165) is 38.4 Å². The SMILES string of the molecule is CCC(C)c1ccc(NC(N)=NCC(C(C)C)N2CCOCC2)cc1.I. The maximum atomic E-state index is 6.10. The lowest BCUT2D eigenvalue weighted by Gasteiger charge is -2.36. The molecule has 0 bridgehead atoms. The average Bonchev–Trinajstić information content (AvgIpc) is 2.62. The molecule has 1 aromatic carbocycles. The molecule has 1 aliphatic heterocycles. The molecule has 6 heteroatoms. The quantitative estimate of drug-likeness (QED) is 0.358. The molecule has 0 radical (unpaired) electrons. The first-order valence-electron chi connectivity index (χ1n) is 9.50. The van der Waals surface area contributed by atoms with Crippen molar-refractivity contribution in [1.29, 1.82) is 0 Å². The monoisotopic (exact) mass is 474 g/mol. The minimum atomic E-state index is 0. The zero-order valence-corrected chi connectivity index (χ0v) is 18.9.